The van der Waals surface area contributed by atoms with Crippen molar-refractivity contribution in [2.75, 3.05) is 24.6 Å². The van der Waals surface area contributed by atoms with Crippen molar-refractivity contribution in [2.24, 2.45) is 5.41 Å². The average molecular weight is 409 g/mol. The average Bonchev–Trinajstić information content (AvgIpc) is 3.31. The number of rotatable bonds is 3. The van der Waals surface area contributed by atoms with Crippen molar-refractivity contribution in [1.82, 2.24) is 9.80 Å². The molecule has 0 unspecified atom stereocenters. The summed E-state index contributed by atoms with van der Waals surface area (Å²) in [6.07, 6.45) is 3.05. The number of carbonyl (C=O) groups is 2. The van der Waals surface area contributed by atoms with Gasteiger partial charge in [0.15, 0.2) is 9.84 Å². The number of carbonyl (C=O) groups excluding carboxylic acids is 2. The minimum atomic E-state index is -3.04. The summed E-state index contributed by atoms with van der Waals surface area (Å²) in [5.74, 6) is 1.36. The van der Waals surface area contributed by atoms with Crippen molar-refractivity contribution in [3.8, 4) is 0 Å². The van der Waals surface area contributed by atoms with Crippen LogP contribution >= 0.6 is 0 Å². The molecular formula is C20H28N2O5S. The maximum absolute atomic E-state index is 13.5. The van der Waals surface area contributed by atoms with Crippen LogP contribution in [-0.4, -0.2) is 66.7 Å². The number of amides is 2. The van der Waals surface area contributed by atoms with Crippen LogP contribution in [0.4, 0.5) is 0 Å². The molecule has 0 aromatic carbocycles. The third-order valence-corrected chi connectivity index (χ3v) is 8.54. The molecule has 4 rings (SSSR count). The van der Waals surface area contributed by atoms with E-state index in [1.54, 1.807) is 17.9 Å². The van der Waals surface area contributed by atoms with Gasteiger partial charge in [-0.3, -0.25) is 9.59 Å². The molecule has 8 heteroatoms. The van der Waals surface area contributed by atoms with Gasteiger partial charge in [0.05, 0.1) is 22.5 Å². The van der Waals surface area contributed by atoms with E-state index in [9.17, 15) is 18.0 Å². The number of nitrogens with zero attached hydrogens (tertiary/aromatic N) is 2. The molecular weight excluding hydrogens is 380 g/mol. The Kier molecular flexibility index (Phi) is 4.60. The van der Waals surface area contributed by atoms with Crippen LogP contribution in [0.3, 0.4) is 0 Å². The van der Waals surface area contributed by atoms with E-state index in [4.69, 9.17) is 4.42 Å². The summed E-state index contributed by atoms with van der Waals surface area (Å²) in [5.41, 5.74) is -0.0235. The fraction of sp³-hybridized carbons (Fsp3) is 0.700. The van der Waals surface area contributed by atoms with Gasteiger partial charge in [0.2, 0.25) is 5.91 Å². The van der Waals surface area contributed by atoms with Crippen molar-refractivity contribution < 1.29 is 22.4 Å². The first kappa shape index (κ1) is 19.5. The molecule has 7 nitrogen and oxygen atoms in total. The van der Waals surface area contributed by atoms with Gasteiger partial charge in [-0.15, -0.1) is 0 Å². The summed E-state index contributed by atoms with van der Waals surface area (Å²) in [6.45, 7) is 6.15. The van der Waals surface area contributed by atoms with Crippen molar-refractivity contribution in [1.29, 1.82) is 0 Å². The SMILES string of the molecule is CC[C@]1(C(=O)N2CCS(=O)(=O)CC2)C[C@H]2CC[C@@H]1N2C(=O)c1cc(C)oc1C. The van der Waals surface area contributed by atoms with Gasteiger partial charge in [0, 0.05) is 25.2 Å². The number of aryl methyl sites for hydroxylation is 2. The molecule has 4 heterocycles. The molecule has 0 N–H and O–H groups in total. The van der Waals surface area contributed by atoms with E-state index >= 15 is 0 Å². The lowest BCUT2D eigenvalue weighted by Crippen LogP contribution is -2.54. The van der Waals surface area contributed by atoms with Crippen LogP contribution < -0.4 is 0 Å². The molecule has 3 saturated heterocycles. The third-order valence-electron chi connectivity index (χ3n) is 6.93. The predicted molar refractivity (Wildman–Crippen MR) is 104 cm³/mol. The van der Waals surface area contributed by atoms with E-state index in [0.29, 0.717) is 29.9 Å². The van der Waals surface area contributed by atoms with E-state index in [1.807, 2.05) is 18.7 Å². The number of sulfone groups is 1. The van der Waals surface area contributed by atoms with Crippen molar-refractivity contribution in [3.63, 3.8) is 0 Å². The fourth-order valence-electron chi connectivity index (χ4n) is 5.46. The lowest BCUT2D eigenvalue weighted by atomic mass is 9.70. The number of hydrogen-bond donors (Lipinski definition) is 0. The molecule has 3 atom stereocenters. The van der Waals surface area contributed by atoms with Crippen LogP contribution in [0.25, 0.3) is 0 Å². The Hall–Kier alpha value is -1.83. The van der Waals surface area contributed by atoms with E-state index < -0.39 is 15.3 Å². The standard InChI is InChI=1S/C20H28N2O5S/c1-4-20(19(24)21-7-9-28(25,26)10-8-21)12-15-5-6-17(20)22(15)18(23)16-11-13(2)27-14(16)3/h11,15,17H,4-10,12H2,1-3H3/t15-,17+,20+/m1/s1. The smallest absolute Gasteiger partial charge is 0.257 e. The maximum atomic E-state index is 13.5. The minimum absolute atomic E-state index is 0.0231. The Bertz CT molecular complexity index is 907. The molecule has 0 saturated carbocycles. The molecule has 1 aromatic heterocycles. The summed E-state index contributed by atoms with van der Waals surface area (Å²) >= 11 is 0. The van der Waals surface area contributed by atoms with Gasteiger partial charge in [-0.25, -0.2) is 8.42 Å². The van der Waals surface area contributed by atoms with Crippen LogP contribution in [0.15, 0.2) is 10.5 Å². The Morgan fingerprint density at radius 1 is 1.21 bits per heavy atom. The van der Waals surface area contributed by atoms with E-state index in [1.165, 1.54) is 0 Å². The molecule has 1 aromatic rings. The van der Waals surface area contributed by atoms with Crippen LogP contribution in [0, 0.1) is 19.3 Å². The van der Waals surface area contributed by atoms with Gasteiger partial charge in [0.1, 0.15) is 11.5 Å². The third kappa shape index (κ3) is 2.88. The van der Waals surface area contributed by atoms with E-state index in [-0.39, 0.29) is 48.5 Å². The van der Waals surface area contributed by atoms with Crippen molar-refractivity contribution in [2.45, 2.75) is 58.5 Å². The molecule has 28 heavy (non-hydrogen) atoms. The van der Waals surface area contributed by atoms with E-state index in [2.05, 4.69) is 0 Å². The lowest BCUT2D eigenvalue weighted by molar-refractivity contribution is -0.144. The Morgan fingerprint density at radius 2 is 1.89 bits per heavy atom. The Morgan fingerprint density at radius 3 is 2.46 bits per heavy atom. The quantitative estimate of drug-likeness (QED) is 0.763. The van der Waals surface area contributed by atoms with Gasteiger partial charge in [0.25, 0.3) is 5.91 Å². The molecule has 154 valence electrons. The van der Waals surface area contributed by atoms with Gasteiger partial charge in [-0.2, -0.15) is 0 Å². The first-order valence-corrected chi connectivity index (χ1v) is 11.9. The summed E-state index contributed by atoms with van der Waals surface area (Å²) in [6, 6.07) is 1.71. The molecule has 0 radical (unpaired) electrons. The highest BCUT2D eigenvalue weighted by Gasteiger charge is 2.61. The summed E-state index contributed by atoms with van der Waals surface area (Å²) < 4.78 is 29.0. The van der Waals surface area contributed by atoms with Gasteiger partial charge in [-0.1, -0.05) is 6.92 Å². The van der Waals surface area contributed by atoms with Crippen LogP contribution in [-0.2, 0) is 14.6 Å². The van der Waals surface area contributed by atoms with Gasteiger partial charge in [-0.05, 0) is 45.6 Å². The minimum Gasteiger partial charge on any atom is -0.466 e. The molecule has 3 fully saturated rings. The highest BCUT2D eigenvalue weighted by Crippen LogP contribution is 2.53. The fourth-order valence-corrected chi connectivity index (χ4v) is 6.66. The van der Waals surface area contributed by atoms with Gasteiger partial charge < -0.3 is 14.2 Å². The maximum Gasteiger partial charge on any atom is 0.257 e. The normalized spacial score (nSPS) is 31.4. The Balaban J connectivity index is 1.60. The van der Waals surface area contributed by atoms with Crippen molar-refractivity contribution >= 4 is 21.7 Å². The summed E-state index contributed by atoms with van der Waals surface area (Å²) in [5, 5.41) is 0. The monoisotopic (exact) mass is 408 g/mol. The molecule has 3 aliphatic rings. The zero-order valence-corrected chi connectivity index (χ0v) is 17.5. The lowest BCUT2D eigenvalue weighted by Gasteiger charge is -2.40. The first-order chi connectivity index (χ1) is 13.2. The zero-order valence-electron chi connectivity index (χ0n) is 16.7. The van der Waals surface area contributed by atoms with Gasteiger partial charge >= 0.3 is 0 Å². The molecule has 0 spiro atoms. The summed E-state index contributed by atoms with van der Waals surface area (Å²) in [4.78, 5) is 30.4. The molecule has 0 aliphatic carbocycles. The second kappa shape index (κ2) is 6.61. The zero-order chi connectivity index (χ0) is 20.3. The highest BCUT2D eigenvalue weighted by molar-refractivity contribution is 7.91. The topological polar surface area (TPSA) is 87.9 Å². The number of fused-ring (bicyclic) bond motifs is 2. The highest BCUT2D eigenvalue weighted by atomic mass is 32.2. The summed E-state index contributed by atoms with van der Waals surface area (Å²) in [7, 11) is -3.04. The predicted octanol–water partition coefficient (Wildman–Crippen LogP) is 1.93. The number of hydrogen-bond acceptors (Lipinski definition) is 5. The van der Waals surface area contributed by atoms with Crippen molar-refractivity contribution in [3.05, 3.63) is 23.2 Å². The second-order valence-electron chi connectivity index (χ2n) is 8.44. The van der Waals surface area contributed by atoms with Crippen LogP contribution in [0.2, 0.25) is 0 Å². The van der Waals surface area contributed by atoms with Crippen LogP contribution in [0.1, 0.15) is 54.5 Å². The largest absolute Gasteiger partial charge is 0.466 e. The molecule has 3 aliphatic heterocycles. The van der Waals surface area contributed by atoms with E-state index in [0.717, 1.165) is 12.8 Å². The number of furan rings is 1. The Labute approximate surface area is 166 Å². The molecule has 2 bridgehead atoms. The van der Waals surface area contributed by atoms with Crippen LogP contribution in [0.5, 0.6) is 0 Å². The first-order valence-electron chi connectivity index (χ1n) is 10.1. The second-order valence-corrected chi connectivity index (χ2v) is 10.7. The molecule has 2 amide bonds.